The Kier molecular flexibility index (Phi) is 3.95. The molecule has 1 N–H and O–H groups in total. The monoisotopic (exact) mass is 219 g/mol. The molecule has 3 nitrogen and oxygen atoms in total. The van der Waals surface area contributed by atoms with Gasteiger partial charge in [-0.25, -0.2) is 8.42 Å². The van der Waals surface area contributed by atoms with E-state index in [1.807, 2.05) is 6.92 Å². The Morgan fingerprint density at radius 1 is 1.29 bits per heavy atom. The molecular weight excluding hydrogens is 198 g/mol. The van der Waals surface area contributed by atoms with Crippen LogP contribution in [0.1, 0.15) is 33.1 Å². The summed E-state index contributed by atoms with van der Waals surface area (Å²) in [7, 11) is -2.84. The van der Waals surface area contributed by atoms with Crippen molar-refractivity contribution >= 4 is 9.84 Å². The number of hydrogen-bond donors (Lipinski definition) is 1. The Morgan fingerprint density at radius 3 is 2.29 bits per heavy atom. The largest absolute Gasteiger partial charge is 0.311 e. The van der Waals surface area contributed by atoms with Gasteiger partial charge in [-0.2, -0.15) is 0 Å². The molecule has 0 radical (unpaired) electrons. The summed E-state index contributed by atoms with van der Waals surface area (Å²) in [6.07, 6.45) is 5.18. The Labute approximate surface area is 87.2 Å². The van der Waals surface area contributed by atoms with Gasteiger partial charge in [-0.15, -0.1) is 0 Å². The molecule has 0 heterocycles. The van der Waals surface area contributed by atoms with Gasteiger partial charge < -0.3 is 5.32 Å². The number of nitrogens with one attached hydrogen (secondary N) is 1. The fraction of sp³-hybridized carbons (Fsp3) is 1.00. The highest BCUT2D eigenvalue weighted by molar-refractivity contribution is 7.90. The molecule has 0 aromatic rings. The summed E-state index contributed by atoms with van der Waals surface area (Å²) in [6, 6.07) is 0.512. The predicted molar refractivity (Wildman–Crippen MR) is 59.1 cm³/mol. The number of hydrogen-bond acceptors (Lipinski definition) is 3. The smallest absolute Gasteiger partial charge is 0.148 e. The maximum atomic E-state index is 11.0. The van der Waals surface area contributed by atoms with Gasteiger partial charge in [0, 0.05) is 18.3 Å². The summed E-state index contributed by atoms with van der Waals surface area (Å²) in [5.74, 6) is 1.13. The van der Waals surface area contributed by atoms with Crippen molar-refractivity contribution in [2.24, 2.45) is 5.92 Å². The van der Waals surface area contributed by atoms with E-state index in [0.717, 1.165) is 5.92 Å². The van der Waals surface area contributed by atoms with Crippen molar-refractivity contribution in [2.75, 3.05) is 12.0 Å². The van der Waals surface area contributed by atoms with Gasteiger partial charge in [0.25, 0.3) is 0 Å². The van der Waals surface area contributed by atoms with Gasteiger partial charge in [0.1, 0.15) is 9.84 Å². The lowest BCUT2D eigenvalue weighted by Crippen LogP contribution is -2.39. The summed E-state index contributed by atoms with van der Waals surface area (Å²) in [5.41, 5.74) is 0. The lowest BCUT2D eigenvalue weighted by molar-refractivity contribution is 0.446. The van der Waals surface area contributed by atoms with Gasteiger partial charge in [0.05, 0.1) is 5.75 Å². The molecule has 2 unspecified atom stereocenters. The van der Waals surface area contributed by atoms with Crippen LogP contribution in [0.5, 0.6) is 0 Å². The zero-order chi connectivity index (χ0) is 10.8. The molecule has 0 aliphatic heterocycles. The highest BCUT2D eigenvalue weighted by atomic mass is 32.2. The van der Waals surface area contributed by atoms with Gasteiger partial charge in [-0.3, -0.25) is 0 Å². The average molecular weight is 219 g/mol. The molecule has 84 valence electrons. The van der Waals surface area contributed by atoms with Crippen molar-refractivity contribution in [3.8, 4) is 0 Å². The van der Waals surface area contributed by atoms with Gasteiger partial charge in [0.15, 0.2) is 0 Å². The Hall–Kier alpha value is -0.0900. The SMILES string of the molecule is CC(CC1CC1)NC(C)CS(C)(=O)=O. The fourth-order valence-corrected chi connectivity index (χ4v) is 2.91. The molecule has 0 saturated heterocycles. The van der Waals surface area contributed by atoms with Crippen LogP contribution >= 0.6 is 0 Å². The maximum absolute atomic E-state index is 11.0. The van der Waals surface area contributed by atoms with Crippen LogP contribution < -0.4 is 5.32 Å². The fourth-order valence-electron chi connectivity index (χ4n) is 1.91. The van der Waals surface area contributed by atoms with Gasteiger partial charge in [-0.1, -0.05) is 12.8 Å². The van der Waals surface area contributed by atoms with Crippen LogP contribution in [0.15, 0.2) is 0 Å². The second-order valence-corrected chi connectivity index (χ2v) is 6.93. The van der Waals surface area contributed by atoms with E-state index in [0.29, 0.717) is 6.04 Å². The first-order valence-electron chi connectivity index (χ1n) is 5.30. The standard InChI is InChI=1S/C10H21NO2S/c1-8(6-10-4-5-10)11-9(2)7-14(3,12)13/h8-11H,4-7H2,1-3H3. The van der Waals surface area contributed by atoms with Gasteiger partial charge in [0.2, 0.25) is 0 Å². The van der Waals surface area contributed by atoms with Crippen molar-refractivity contribution in [1.29, 1.82) is 0 Å². The van der Waals surface area contributed by atoms with Crippen LogP contribution in [0.25, 0.3) is 0 Å². The Balaban J connectivity index is 2.21. The Bertz CT molecular complexity index is 270. The predicted octanol–water partition coefficient (Wildman–Crippen LogP) is 1.20. The van der Waals surface area contributed by atoms with E-state index in [4.69, 9.17) is 0 Å². The molecule has 0 spiro atoms. The third-order valence-electron chi connectivity index (χ3n) is 2.51. The van der Waals surface area contributed by atoms with E-state index in [2.05, 4.69) is 12.2 Å². The molecule has 0 aromatic heterocycles. The molecule has 1 rings (SSSR count). The molecule has 0 aromatic carbocycles. The second-order valence-electron chi connectivity index (χ2n) is 4.74. The first-order valence-corrected chi connectivity index (χ1v) is 7.36. The molecule has 1 aliphatic rings. The summed E-state index contributed by atoms with van der Waals surface area (Å²) in [6.45, 7) is 4.07. The molecule has 4 heteroatoms. The normalized spacial score (nSPS) is 21.9. The third-order valence-corrected chi connectivity index (χ3v) is 3.61. The van der Waals surface area contributed by atoms with E-state index >= 15 is 0 Å². The molecule has 1 saturated carbocycles. The van der Waals surface area contributed by atoms with Crippen LogP contribution in [0.4, 0.5) is 0 Å². The summed E-state index contributed by atoms with van der Waals surface area (Å²) in [5, 5.41) is 3.33. The molecule has 0 bridgehead atoms. The van der Waals surface area contributed by atoms with Gasteiger partial charge >= 0.3 is 0 Å². The van der Waals surface area contributed by atoms with Crippen LogP contribution in [0.3, 0.4) is 0 Å². The van der Waals surface area contributed by atoms with Crippen molar-refractivity contribution in [3.05, 3.63) is 0 Å². The van der Waals surface area contributed by atoms with Crippen LogP contribution in [0, 0.1) is 5.92 Å². The highest BCUT2D eigenvalue weighted by Crippen LogP contribution is 2.33. The quantitative estimate of drug-likeness (QED) is 0.730. The number of sulfone groups is 1. The van der Waals surface area contributed by atoms with Crippen LogP contribution in [-0.4, -0.2) is 32.5 Å². The summed E-state index contributed by atoms with van der Waals surface area (Å²) in [4.78, 5) is 0. The first kappa shape index (κ1) is 12.0. The van der Waals surface area contributed by atoms with E-state index in [9.17, 15) is 8.42 Å². The van der Waals surface area contributed by atoms with Crippen molar-refractivity contribution < 1.29 is 8.42 Å². The maximum Gasteiger partial charge on any atom is 0.148 e. The zero-order valence-electron chi connectivity index (χ0n) is 9.29. The molecule has 14 heavy (non-hydrogen) atoms. The minimum absolute atomic E-state index is 0.0683. The van der Waals surface area contributed by atoms with Crippen molar-refractivity contribution in [1.82, 2.24) is 5.32 Å². The second kappa shape index (κ2) is 4.62. The lowest BCUT2D eigenvalue weighted by Gasteiger charge is -2.19. The minimum Gasteiger partial charge on any atom is -0.311 e. The van der Waals surface area contributed by atoms with E-state index in [-0.39, 0.29) is 11.8 Å². The van der Waals surface area contributed by atoms with E-state index < -0.39 is 9.84 Å². The zero-order valence-corrected chi connectivity index (χ0v) is 10.1. The first-order chi connectivity index (χ1) is 6.37. The van der Waals surface area contributed by atoms with Crippen molar-refractivity contribution in [2.45, 2.75) is 45.2 Å². The van der Waals surface area contributed by atoms with Crippen LogP contribution in [-0.2, 0) is 9.84 Å². The molecular formula is C10H21NO2S. The van der Waals surface area contributed by atoms with Crippen LogP contribution in [0.2, 0.25) is 0 Å². The molecule has 2 atom stereocenters. The molecule has 0 amide bonds. The summed E-state index contributed by atoms with van der Waals surface area (Å²) >= 11 is 0. The summed E-state index contributed by atoms with van der Waals surface area (Å²) < 4.78 is 22.0. The molecule has 1 fully saturated rings. The minimum atomic E-state index is -2.84. The van der Waals surface area contributed by atoms with Crippen molar-refractivity contribution in [3.63, 3.8) is 0 Å². The number of rotatable bonds is 6. The van der Waals surface area contributed by atoms with E-state index in [1.165, 1.54) is 25.5 Å². The average Bonchev–Trinajstić information content (AvgIpc) is 2.64. The third kappa shape index (κ3) is 5.60. The topological polar surface area (TPSA) is 46.2 Å². The Morgan fingerprint density at radius 2 is 1.86 bits per heavy atom. The molecule has 1 aliphatic carbocycles. The van der Waals surface area contributed by atoms with E-state index in [1.54, 1.807) is 0 Å². The van der Waals surface area contributed by atoms with Gasteiger partial charge in [-0.05, 0) is 26.2 Å². The highest BCUT2D eigenvalue weighted by Gasteiger charge is 2.24. The lowest BCUT2D eigenvalue weighted by atomic mass is 10.1.